The summed E-state index contributed by atoms with van der Waals surface area (Å²) in [4.78, 5) is 32.5. The second kappa shape index (κ2) is 9.08. The molecule has 0 bridgehead atoms. The third-order valence-electron chi connectivity index (χ3n) is 2.91. The first-order valence-corrected chi connectivity index (χ1v) is 9.76. The van der Waals surface area contributed by atoms with Gasteiger partial charge in [0.1, 0.15) is 6.29 Å². The third kappa shape index (κ3) is 6.93. The summed E-state index contributed by atoms with van der Waals surface area (Å²) in [5.74, 6) is 0.577. The molecular weight excluding hydrogens is 359 g/mol. The number of anilines is 1. The van der Waals surface area contributed by atoms with E-state index in [-0.39, 0.29) is 24.2 Å². The molecule has 136 valence electrons. The van der Waals surface area contributed by atoms with E-state index in [0.29, 0.717) is 11.5 Å². The molecule has 14 heteroatoms. The number of nitrogens with two attached hydrogens (primary N) is 1. The lowest BCUT2D eigenvalue weighted by molar-refractivity contribution is -0.119. The predicted molar refractivity (Wildman–Crippen MR) is 89.9 cm³/mol. The summed E-state index contributed by atoms with van der Waals surface area (Å²) in [6.45, 7) is 1.72. The maximum Gasteiger partial charge on any atom is 0.344 e. The first kappa shape index (κ1) is 20.5. The van der Waals surface area contributed by atoms with Crippen LogP contribution in [-0.2, 0) is 9.36 Å². The number of amides is 1. The van der Waals surface area contributed by atoms with Gasteiger partial charge in [-0.3, -0.25) is 19.7 Å². The Morgan fingerprint density at radius 3 is 2.71 bits per heavy atom. The van der Waals surface area contributed by atoms with E-state index < -0.39 is 19.9 Å². The van der Waals surface area contributed by atoms with Crippen molar-refractivity contribution in [2.75, 3.05) is 36.3 Å². The summed E-state index contributed by atoms with van der Waals surface area (Å²) >= 11 is 1.35. The minimum atomic E-state index is -4.23. The van der Waals surface area contributed by atoms with Crippen molar-refractivity contribution in [3.05, 3.63) is 0 Å². The summed E-state index contributed by atoms with van der Waals surface area (Å²) in [6, 6.07) is -0.783. The average Bonchev–Trinajstić information content (AvgIpc) is 3.01. The average molecular weight is 380 g/mol. The van der Waals surface area contributed by atoms with Gasteiger partial charge in [-0.15, -0.1) is 5.10 Å². The Labute approximate surface area is 142 Å². The van der Waals surface area contributed by atoms with Crippen molar-refractivity contribution in [1.82, 2.24) is 25.5 Å². The van der Waals surface area contributed by atoms with E-state index in [4.69, 9.17) is 20.9 Å². The Balaban J connectivity index is 2.39. The van der Waals surface area contributed by atoms with Gasteiger partial charge in [0.15, 0.2) is 0 Å². The highest BCUT2D eigenvalue weighted by molar-refractivity contribution is 7.99. The lowest BCUT2D eigenvalue weighted by Gasteiger charge is -2.23. The topological polar surface area (TPSA) is 185 Å². The van der Waals surface area contributed by atoms with Crippen molar-refractivity contribution >= 4 is 37.0 Å². The SMILES string of the molecule is CC(=N)N(CCSCC(N)C(=O)N(C)c1nn[nH]n1)CP(=O)(O)O. The van der Waals surface area contributed by atoms with Gasteiger partial charge in [-0.1, -0.05) is 5.10 Å². The minimum Gasteiger partial charge on any atom is -0.348 e. The maximum absolute atomic E-state index is 12.1. The van der Waals surface area contributed by atoms with Gasteiger partial charge in [-0.05, 0) is 12.1 Å². The van der Waals surface area contributed by atoms with E-state index in [1.807, 2.05) is 0 Å². The van der Waals surface area contributed by atoms with Crippen LogP contribution in [0.2, 0.25) is 0 Å². The van der Waals surface area contributed by atoms with Gasteiger partial charge in [0.25, 0.3) is 5.95 Å². The van der Waals surface area contributed by atoms with Crippen LogP contribution in [0.5, 0.6) is 0 Å². The maximum atomic E-state index is 12.1. The molecule has 0 aliphatic carbocycles. The zero-order chi connectivity index (χ0) is 18.3. The van der Waals surface area contributed by atoms with Gasteiger partial charge in [-0.2, -0.15) is 17.0 Å². The van der Waals surface area contributed by atoms with Gasteiger partial charge < -0.3 is 20.4 Å². The van der Waals surface area contributed by atoms with Gasteiger partial charge in [0.2, 0.25) is 5.91 Å². The van der Waals surface area contributed by atoms with Crippen LogP contribution in [0.4, 0.5) is 5.95 Å². The monoisotopic (exact) mass is 380 g/mol. The van der Waals surface area contributed by atoms with Crippen LogP contribution < -0.4 is 10.6 Å². The largest absolute Gasteiger partial charge is 0.348 e. The summed E-state index contributed by atoms with van der Waals surface area (Å²) < 4.78 is 11.0. The highest BCUT2D eigenvalue weighted by atomic mass is 32.2. The molecule has 24 heavy (non-hydrogen) atoms. The van der Waals surface area contributed by atoms with E-state index in [2.05, 4.69) is 20.6 Å². The van der Waals surface area contributed by atoms with E-state index in [0.717, 1.165) is 0 Å². The quantitative estimate of drug-likeness (QED) is 0.148. The number of tetrazole rings is 1. The van der Waals surface area contributed by atoms with E-state index in [1.165, 1.54) is 35.5 Å². The van der Waals surface area contributed by atoms with Gasteiger partial charge in [-0.25, -0.2) is 0 Å². The lowest BCUT2D eigenvalue weighted by atomic mass is 10.3. The van der Waals surface area contributed by atoms with Crippen LogP contribution in [0.15, 0.2) is 0 Å². The number of rotatable bonds is 9. The zero-order valence-electron chi connectivity index (χ0n) is 13.3. The molecule has 1 atom stereocenters. The molecule has 0 spiro atoms. The van der Waals surface area contributed by atoms with E-state index >= 15 is 0 Å². The second-order valence-corrected chi connectivity index (χ2v) is 7.71. The molecule has 0 saturated carbocycles. The Morgan fingerprint density at radius 2 is 2.21 bits per heavy atom. The van der Waals surface area contributed by atoms with Crippen LogP contribution in [0.25, 0.3) is 0 Å². The van der Waals surface area contributed by atoms with Gasteiger partial charge >= 0.3 is 7.60 Å². The van der Waals surface area contributed by atoms with Crippen LogP contribution in [0.3, 0.4) is 0 Å². The van der Waals surface area contributed by atoms with Crippen LogP contribution in [0, 0.1) is 5.41 Å². The lowest BCUT2D eigenvalue weighted by Crippen LogP contribution is -2.44. The number of likely N-dealkylation sites (N-methyl/N-ethyl adjacent to an activating group) is 1. The molecule has 12 nitrogen and oxygen atoms in total. The fourth-order valence-corrected chi connectivity index (χ4v) is 3.38. The number of nitrogens with one attached hydrogen (secondary N) is 2. The first-order chi connectivity index (χ1) is 11.1. The van der Waals surface area contributed by atoms with Crippen molar-refractivity contribution in [1.29, 1.82) is 5.41 Å². The molecule has 1 aromatic rings. The number of aromatic amines is 1. The highest BCUT2D eigenvalue weighted by Crippen LogP contribution is 2.35. The van der Waals surface area contributed by atoms with Crippen LogP contribution in [0.1, 0.15) is 6.92 Å². The highest BCUT2D eigenvalue weighted by Gasteiger charge is 2.22. The molecule has 1 unspecified atom stereocenters. The molecule has 1 amide bonds. The standard InChI is InChI=1S/C10H21N8O4PS/c1-7(11)18(6-23(20,21)22)3-4-24-5-8(12)9(19)17(2)10-13-15-16-14-10/h8,11H,3-6,12H2,1-2H3,(H2,20,21,22)(H,13,14,15,16). The van der Waals surface area contributed by atoms with Crippen molar-refractivity contribution < 1.29 is 19.1 Å². The number of carbonyl (C=O) groups excluding carboxylic acids is 1. The number of hydrogen-bond acceptors (Lipinski definition) is 8. The van der Waals surface area contributed by atoms with Gasteiger partial charge in [0, 0.05) is 25.1 Å². The number of thioether (sulfide) groups is 1. The van der Waals surface area contributed by atoms with Crippen molar-refractivity contribution in [2.45, 2.75) is 13.0 Å². The Kier molecular flexibility index (Phi) is 7.76. The number of carbonyl (C=O) groups is 1. The molecule has 0 aromatic carbocycles. The van der Waals surface area contributed by atoms with Crippen molar-refractivity contribution in [2.24, 2.45) is 5.73 Å². The molecule has 0 saturated heterocycles. The van der Waals surface area contributed by atoms with Gasteiger partial charge in [0.05, 0.1) is 11.9 Å². The van der Waals surface area contributed by atoms with E-state index in [1.54, 1.807) is 0 Å². The molecule has 6 N–H and O–H groups in total. The Morgan fingerprint density at radius 1 is 1.54 bits per heavy atom. The zero-order valence-corrected chi connectivity index (χ0v) is 15.0. The number of amidine groups is 1. The normalized spacial score (nSPS) is 12.7. The Hall–Kier alpha value is -1.53. The number of H-pyrrole nitrogens is 1. The molecule has 0 radical (unpaired) electrons. The first-order valence-electron chi connectivity index (χ1n) is 6.81. The second-order valence-electron chi connectivity index (χ2n) is 4.95. The van der Waals surface area contributed by atoms with Crippen molar-refractivity contribution in [3.63, 3.8) is 0 Å². The predicted octanol–water partition coefficient (Wildman–Crippen LogP) is -1.34. The minimum absolute atomic E-state index is 0.0659. The summed E-state index contributed by atoms with van der Waals surface area (Å²) in [7, 11) is -2.75. The summed E-state index contributed by atoms with van der Waals surface area (Å²) in [5.41, 5.74) is 5.82. The molecule has 0 aliphatic rings. The molecule has 1 heterocycles. The number of aromatic nitrogens is 4. The van der Waals surface area contributed by atoms with E-state index in [9.17, 15) is 9.36 Å². The summed E-state index contributed by atoms with van der Waals surface area (Å²) in [6.07, 6.45) is -0.506. The molecular formula is C10H21N8O4PS. The Bertz CT molecular complexity index is 594. The third-order valence-corrected chi connectivity index (χ3v) is 4.69. The summed E-state index contributed by atoms with van der Waals surface area (Å²) in [5, 5.41) is 20.5. The number of hydrogen-bond donors (Lipinski definition) is 5. The smallest absolute Gasteiger partial charge is 0.344 e. The fourth-order valence-electron chi connectivity index (χ4n) is 1.67. The molecule has 1 aromatic heterocycles. The molecule has 0 fully saturated rings. The van der Waals surface area contributed by atoms with Crippen LogP contribution in [-0.4, -0.2) is 84.5 Å². The van der Waals surface area contributed by atoms with Crippen molar-refractivity contribution in [3.8, 4) is 0 Å². The molecule has 0 aliphatic heterocycles. The molecule has 1 rings (SSSR count). The number of nitrogens with zero attached hydrogens (tertiary/aromatic N) is 5. The van der Waals surface area contributed by atoms with Crippen LogP contribution >= 0.6 is 19.4 Å². The fraction of sp³-hybridized carbons (Fsp3) is 0.700.